The van der Waals surface area contributed by atoms with Gasteiger partial charge < -0.3 is 9.97 Å². The van der Waals surface area contributed by atoms with Gasteiger partial charge in [0, 0.05) is 47.4 Å². The Kier molecular flexibility index (Phi) is 6.15. The summed E-state index contributed by atoms with van der Waals surface area (Å²) in [6.07, 6.45) is 8.92. The highest BCUT2D eigenvalue weighted by Gasteiger charge is 2.10. The van der Waals surface area contributed by atoms with Gasteiger partial charge in [-0.05, 0) is 23.3 Å². The SMILES string of the molecule is Cl.c1ccc(Sc2ccccc2Cc2ncc[nH]2)c(Cc2ncc[nH]2)c1. The molecule has 2 heterocycles. The second kappa shape index (κ2) is 8.74. The number of hydrogen-bond acceptors (Lipinski definition) is 3. The minimum Gasteiger partial charge on any atom is -0.348 e. The van der Waals surface area contributed by atoms with E-state index in [0.29, 0.717) is 0 Å². The number of halogens is 1. The maximum atomic E-state index is 4.35. The standard InChI is InChI=1S/C20H18N4S.ClH/c1-3-7-17(15(5-1)13-19-21-9-10-22-19)25-18-8-4-2-6-16(18)14-20-23-11-12-24-20;/h1-12H,13-14H2,(H,21,22)(H,23,24);1H. The van der Waals surface area contributed by atoms with Crippen LogP contribution in [0.1, 0.15) is 22.8 Å². The third kappa shape index (κ3) is 4.36. The summed E-state index contributed by atoms with van der Waals surface area (Å²) in [6.45, 7) is 0. The molecule has 4 nitrogen and oxygen atoms in total. The van der Waals surface area contributed by atoms with E-state index in [1.165, 1.54) is 20.9 Å². The second-order valence-corrected chi connectivity index (χ2v) is 6.83. The number of H-pyrrole nitrogens is 2. The van der Waals surface area contributed by atoms with Gasteiger partial charge in [0.25, 0.3) is 0 Å². The summed E-state index contributed by atoms with van der Waals surface area (Å²) < 4.78 is 0. The number of rotatable bonds is 6. The number of nitrogens with zero attached hydrogens (tertiary/aromatic N) is 2. The Morgan fingerprint density at radius 3 is 1.58 bits per heavy atom. The van der Waals surface area contributed by atoms with Crippen molar-refractivity contribution in [2.45, 2.75) is 22.6 Å². The van der Waals surface area contributed by atoms with Crippen LogP contribution in [0, 0.1) is 0 Å². The normalized spacial score (nSPS) is 10.5. The van der Waals surface area contributed by atoms with E-state index in [9.17, 15) is 0 Å². The van der Waals surface area contributed by atoms with Gasteiger partial charge in [-0.15, -0.1) is 12.4 Å². The lowest BCUT2D eigenvalue weighted by Crippen LogP contribution is -1.95. The smallest absolute Gasteiger partial charge is 0.110 e. The number of nitrogens with one attached hydrogen (secondary N) is 2. The lowest BCUT2D eigenvalue weighted by atomic mass is 10.1. The molecule has 0 radical (unpaired) electrons. The first-order valence-corrected chi connectivity index (χ1v) is 9.00. The van der Waals surface area contributed by atoms with Crippen LogP contribution in [0.4, 0.5) is 0 Å². The molecule has 0 unspecified atom stereocenters. The third-order valence-electron chi connectivity index (χ3n) is 3.99. The molecule has 0 saturated heterocycles. The first-order valence-electron chi connectivity index (χ1n) is 8.18. The molecule has 26 heavy (non-hydrogen) atoms. The van der Waals surface area contributed by atoms with Crippen molar-refractivity contribution >= 4 is 24.2 Å². The van der Waals surface area contributed by atoms with Crippen molar-refractivity contribution in [1.82, 2.24) is 19.9 Å². The van der Waals surface area contributed by atoms with E-state index in [4.69, 9.17) is 0 Å². The summed E-state index contributed by atoms with van der Waals surface area (Å²) in [6, 6.07) is 17.0. The quantitative estimate of drug-likeness (QED) is 0.499. The lowest BCUT2D eigenvalue weighted by Gasteiger charge is -2.11. The molecule has 2 aromatic carbocycles. The zero-order valence-corrected chi connectivity index (χ0v) is 15.7. The molecule has 0 aliphatic carbocycles. The fourth-order valence-electron chi connectivity index (χ4n) is 2.77. The van der Waals surface area contributed by atoms with Gasteiger partial charge in [0.1, 0.15) is 11.6 Å². The van der Waals surface area contributed by atoms with Crippen LogP contribution in [0.3, 0.4) is 0 Å². The monoisotopic (exact) mass is 382 g/mol. The molecule has 4 rings (SSSR count). The number of imidazole rings is 2. The molecule has 0 amide bonds. The van der Waals surface area contributed by atoms with E-state index in [2.05, 4.69) is 68.5 Å². The van der Waals surface area contributed by atoms with Gasteiger partial charge in [0.05, 0.1) is 0 Å². The van der Waals surface area contributed by atoms with E-state index < -0.39 is 0 Å². The maximum absolute atomic E-state index is 4.35. The number of aromatic amines is 2. The highest BCUT2D eigenvalue weighted by molar-refractivity contribution is 7.99. The molecule has 2 aromatic heterocycles. The molecule has 0 aliphatic heterocycles. The minimum atomic E-state index is 0. The van der Waals surface area contributed by atoms with Crippen LogP contribution >= 0.6 is 24.2 Å². The first kappa shape index (κ1) is 18.3. The van der Waals surface area contributed by atoms with Crippen LogP contribution in [-0.4, -0.2) is 19.9 Å². The molecule has 132 valence electrons. The van der Waals surface area contributed by atoms with Crippen molar-refractivity contribution in [3.8, 4) is 0 Å². The zero-order valence-electron chi connectivity index (χ0n) is 14.1. The van der Waals surface area contributed by atoms with Gasteiger partial charge >= 0.3 is 0 Å². The van der Waals surface area contributed by atoms with Crippen molar-refractivity contribution in [3.05, 3.63) is 96.1 Å². The molecular formula is C20H19ClN4S. The molecule has 6 heteroatoms. The molecule has 0 fully saturated rings. The molecule has 0 atom stereocenters. The van der Waals surface area contributed by atoms with E-state index in [0.717, 1.165) is 24.5 Å². The largest absolute Gasteiger partial charge is 0.348 e. The van der Waals surface area contributed by atoms with Gasteiger partial charge in [0.15, 0.2) is 0 Å². The molecule has 0 spiro atoms. The Morgan fingerprint density at radius 2 is 1.15 bits per heavy atom. The van der Waals surface area contributed by atoms with Gasteiger partial charge in [-0.1, -0.05) is 48.2 Å². The van der Waals surface area contributed by atoms with Crippen molar-refractivity contribution in [2.75, 3.05) is 0 Å². The van der Waals surface area contributed by atoms with E-state index in [-0.39, 0.29) is 12.4 Å². The van der Waals surface area contributed by atoms with Gasteiger partial charge in [-0.25, -0.2) is 9.97 Å². The Bertz CT molecular complexity index is 858. The second-order valence-electron chi connectivity index (χ2n) is 5.74. The lowest BCUT2D eigenvalue weighted by molar-refractivity contribution is 0.992. The zero-order chi connectivity index (χ0) is 16.9. The average Bonchev–Trinajstić information content (AvgIpc) is 3.32. The molecule has 0 aliphatic rings. The van der Waals surface area contributed by atoms with Crippen molar-refractivity contribution in [1.29, 1.82) is 0 Å². The topological polar surface area (TPSA) is 57.4 Å². The van der Waals surface area contributed by atoms with Crippen LogP contribution in [-0.2, 0) is 12.8 Å². The predicted octanol–water partition coefficient (Wildman–Crippen LogP) is 4.89. The summed E-state index contributed by atoms with van der Waals surface area (Å²) in [7, 11) is 0. The average molecular weight is 383 g/mol. The van der Waals surface area contributed by atoms with Crippen LogP contribution < -0.4 is 0 Å². The summed E-state index contributed by atoms with van der Waals surface area (Å²) in [4.78, 5) is 17.6. The molecular weight excluding hydrogens is 364 g/mol. The fourth-order valence-corrected chi connectivity index (χ4v) is 3.84. The third-order valence-corrected chi connectivity index (χ3v) is 5.23. The number of benzene rings is 2. The summed E-state index contributed by atoms with van der Waals surface area (Å²) >= 11 is 1.80. The predicted molar refractivity (Wildman–Crippen MR) is 107 cm³/mol. The van der Waals surface area contributed by atoms with Gasteiger partial charge in [-0.2, -0.15) is 0 Å². The van der Waals surface area contributed by atoms with Crippen LogP contribution in [0.15, 0.2) is 83.1 Å². The minimum absolute atomic E-state index is 0. The molecule has 0 saturated carbocycles. The number of aromatic nitrogens is 4. The van der Waals surface area contributed by atoms with Gasteiger partial charge in [0.2, 0.25) is 0 Å². The van der Waals surface area contributed by atoms with Crippen LogP contribution in [0.2, 0.25) is 0 Å². The van der Waals surface area contributed by atoms with Crippen molar-refractivity contribution in [2.24, 2.45) is 0 Å². The summed E-state index contributed by atoms with van der Waals surface area (Å²) in [5, 5.41) is 0. The Hall–Kier alpha value is -2.50. The molecule has 4 aromatic rings. The molecule has 2 N–H and O–H groups in total. The highest BCUT2D eigenvalue weighted by atomic mass is 35.5. The van der Waals surface area contributed by atoms with Gasteiger partial charge in [-0.3, -0.25) is 0 Å². The van der Waals surface area contributed by atoms with Crippen LogP contribution in [0.25, 0.3) is 0 Å². The van der Waals surface area contributed by atoms with Crippen LogP contribution in [0.5, 0.6) is 0 Å². The van der Waals surface area contributed by atoms with E-state index >= 15 is 0 Å². The fraction of sp³-hybridized carbons (Fsp3) is 0.100. The Morgan fingerprint density at radius 1 is 0.692 bits per heavy atom. The number of hydrogen-bond donors (Lipinski definition) is 2. The Balaban J connectivity index is 0.00000196. The Labute approximate surface area is 162 Å². The summed E-state index contributed by atoms with van der Waals surface area (Å²) in [5.41, 5.74) is 2.55. The van der Waals surface area contributed by atoms with E-state index in [1.807, 2.05) is 12.4 Å². The highest BCUT2D eigenvalue weighted by Crippen LogP contribution is 2.34. The van der Waals surface area contributed by atoms with Crippen molar-refractivity contribution < 1.29 is 0 Å². The van der Waals surface area contributed by atoms with E-state index in [1.54, 1.807) is 24.2 Å². The van der Waals surface area contributed by atoms with Crippen molar-refractivity contribution in [3.63, 3.8) is 0 Å². The summed E-state index contributed by atoms with van der Waals surface area (Å²) in [5.74, 6) is 1.97. The molecule has 0 bridgehead atoms. The first-order chi connectivity index (χ1) is 12.4. The maximum Gasteiger partial charge on any atom is 0.110 e.